The van der Waals surface area contributed by atoms with Gasteiger partial charge in [-0.1, -0.05) is 56.0 Å². The number of anilines is 1. The molecule has 7 heteroatoms. The van der Waals surface area contributed by atoms with Crippen molar-refractivity contribution in [2.24, 2.45) is 0 Å². The minimum Gasteiger partial charge on any atom is -0.497 e. The number of hydrogen-bond acceptors (Lipinski definition) is 4. The van der Waals surface area contributed by atoms with Gasteiger partial charge in [-0.2, -0.15) is 0 Å². The van der Waals surface area contributed by atoms with Crippen molar-refractivity contribution >= 4 is 23.5 Å². The van der Waals surface area contributed by atoms with Gasteiger partial charge in [0.05, 0.1) is 13.2 Å². The first-order valence-corrected chi connectivity index (χ1v) is 12.1. The second-order valence-corrected chi connectivity index (χ2v) is 9.24. The smallest absolute Gasteiger partial charge is 0.332 e. The molecule has 1 N–H and O–H groups in total. The zero-order valence-electron chi connectivity index (χ0n) is 20.2. The first-order valence-electron chi connectivity index (χ1n) is 12.1. The van der Waals surface area contributed by atoms with Gasteiger partial charge in [0.2, 0.25) is 5.91 Å². The van der Waals surface area contributed by atoms with Gasteiger partial charge in [0.1, 0.15) is 17.8 Å². The maximum absolute atomic E-state index is 13.6. The number of carbonyl (C=O) groups excluding carboxylic acids is 3. The van der Waals surface area contributed by atoms with E-state index in [2.05, 4.69) is 5.32 Å². The summed E-state index contributed by atoms with van der Waals surface area (Å²) in [6.07, 6.45) is 4.73. The summed E-state index contributed by atoms with van der Waals surface area (Å²) in [6, 6.07) is 14.6. The van der Waals surface area contributed by atoms with Crippen LogP contribution in [0.5, 0.6) is 5.75 Å². The van der Waals surface area contributed by atoms with Gasteiger partial charge in [-0.25, -0.2) is 4.79 Å². The van der Waals surface area contributed by atoms with Crippen molar-refractivity contribution in [3.8, 4) is 5.75 Å². The molecule has 1 heterocycles. The van der Waals surface area contributed by atoms with Crippen molar-refractivity contribution < 1.29 is 19.1 Å². The quantitative estimate of drug-likeness (QED) is 0.602. The molecule has 2 aromatic carbocycles. The molecule has 1 aliphatic heterocycles. The first-order chi connectivity index (χ1) is 16.4. The van der Waals surface area contributed by atoms with Crippen LogP contribution in [0.2, 0.25) is 0 Å². The van der Waals surface area contributed by atoms with E-state index < -0.39 is 11.6 Å². The fourth-order valence-corrected chi connectivity index (χ4v) is 5.14. The molecular weight excluding hydrogens is 430 g/mol. The summed E-state index contributed by atoms with van der Waals surface area (Å²) in [5.41, 5.74) is 1.84. The molecule has 7 nitrogen and oxygen atoms in total. The maximum Gasteiger partial charge on any atom is 0.332 e. The number of hydrogen-bond donors (Lipinski definition) is 1. The number of nitrogens with one attached hydrogen (secondary N) is 1. The summed E-state index contributed by atoms with van der Waals surface area (Å²) >= 11 is 0. The summed E-state index contributed by atoms with van der Waals surface area (Å²) in [4.78, 5) is 43.0. The molecule has 1 aliphatic carbocycles. The molecule has 1 spiro atoms. The average molecular weight is 464 g/mol. The average Bonchev–Trinajstić information content (AvgIpc) is 3.04. The van der Waals surface area contributed by atoms with E-state index in [1.165, 1.54) is 0 Å². The standard InChI is InChI=1S/C27H33N3O4/c1-4-23(20-10-14-22(34-3)15-11-20)28-24(31)18-29-25(32)27(16-6-5-7-17-27)30(26(29)33)21-12-8-19(2)9-13-21/h8-15,23H,4-7,16-18H2,1-3H3,(H,28,31). The Bertz CT molecular complexity index is 1040. The maximum atomic E-state index is 13.6. The normalized spacial score (nSPS) is 18.3. The summed E-state index contributed by atoms with van der Waals surface area (Å²) in [5, 5.41) is 3.00. The molecule has 0 aromatic heterocycles. The second kappa shape index (κ2) is 9.87. The first kappa shape index (κ1) is 23.8. The van der Waals surface area contributed by atoms with E-state index in [4.69, 9.17) is 4.74 Å². The fraction of sp³-hybridized carbons (Fsp3) is 0.444. The predicted molar refractivity (Wildman–Crippen MR) is 131 cm³/mol. The lowest BCUT2D eigenvalue weighted by Gasteiger charge is -2.38. The number of amides is 4. The molecular formula is C27H33N3O4. The Kier molecular flexibility index (Phi) is 6.91. The predicted octanol–water partition coefficient (Wildman–Crippen LogP) is 4.74. The van der Waals surface area contributed by atoms with E-state index in [0.29, 0.717) is 24.9 Å². The summed E-state index contributed by atoms with van der Waals surface area (Å²) in [5.74, 6) is 0.138. The number of aryl methyl sites for hydroxylation is 1. The molecule has 2 aromatic rings. The zero-order chi connectivity index (χ0) is 24.3. The lowest BCUT2D eigenvalue weighted by atomic mass is 9.80. The van der Waals surface area contributed by atoms with Crippen LogP contribution in [0.25, 0.3) is 0 Å². The van der Waals surface area contributed by atoms with Crippen molar-refractivity contribution in [3.63, 3.8) is 0 Å². The zero-order valence-corrected chi connectivity index (χ0v) is 20.2. The second-order valence-electron chi connectivity index (χ2n) is 9.24. The number of nitrogens with zero attached hydrogens (tertiary/aromatic N) is 2. The minimum atomic E-state index is -0.898. The number of ether oxygens (including phenoxy) is 1. The number of rotatable bonds is 7. The number of methoxy groups -OCH3 is 1. The van der Waals surface area contributed by atoms with E-state index in [1.807, 2.05) is 62.4 Å². The minimum absolute atomic E-state index is 0.219. The highest BCUT2D eigenvalue weighted by Crippen LogP contribution is 2.43. The summed E-state index contributed by atoms with van der Waals surface area (Å²) < 4.78 is 5.21. The molecule has 2 aliphatic rings. The number of benzene rings is 2. The Balaban J connectivity index is 1.54. The van der Waals surface area contributed by atoms with Gasteiger partial charge >= 0.3 is 6.03 Å². The van der Waals surface area contributed by atoms with E-state index in [9.17, 15) is 14.4 Å². The van der Waals surface area contributed by atoms with Crippen LogP contribution in [0.15, 0.2) is 48.5 Å². The molecule has 34 heavy (non-hydrogen) atoms. The number of urea groups is 1. The summed E-state index contributed by atoms with van der Waals surface area (Å²) in [7, 11) is 1.61. The Labute approximate surface area is 201 Å². The van der Waals surface area contributed by atoms with Crippen LogP contribution in [0, 0.1) is 6.92 Å². The topological polar surface area (TPSA) is 79.0 Å². The third-order valence-electron chi connectivity index (χ3n) is 7.03. The Hall–Kier alpha value is -3.35. The monoisotopic (exact) mass is 463 g/mol. The van der Waals surface area contributed by atoms with Crippen molar-refractivity contribution in [2.75, 3.05) is 18.6 Å². The molecule has 1 saturated heterocycles. The van der Waals surface area contributed by atoms with Crippen LogP contribution in [0.3, 0.4) is 0 Å². The number of carbonyl (C=O) groups is 3. The number of imide groups is 1. The third kappa shape index (κ3) is 4.39. The molecule has 1 saturated carbocycles. The molecule has 2 fully saturated rings. The highest BCUT2D eigenvalue weighted by atomic mass is 16.5. The largest absolute Gasteiger partial charge is 0.497 e. The van der Waals surface area contributed by atoms with E-state index >= 15 is 0 Å². The Morgan fingerprint density at radius 3 is 2.26 bits per heavy atom. The Morgan fingerprint density at radius 2 is 1.68 bits per heavy atom. The molecule has 4 amide bonds. The van der Waals surface area contributed by atoms with Crippen LogP contribution in [-0.2, 0) is 9.59 Å². The molecule has 1 unspecified atom stereocenters. The molecule has 1 atom stereocenters. The molecule has 0 radical (unpaired) electrons. The van der Waals surface area contributed by atoms with E-state index in [-0.39, 0.29) is 24.4 Å². The van der Waals surface area contributed by atoms with Crippen LogP contribution >= 0.6 is 0 Å². The fourth-order valence-electron chi connectivity index (χ4n) is 5.14. The van der Waals surface area contributed by atoms with Gasteiger partial charge in [0.15, 0.2) is 0 Å². The van der Waals surface area contributed by atoms with Gasteiger partial charge in [0.25, 0.3) is 5.91 Å². The lowest BCUT2D eigenvalue weighted by Crippen LogP contribution is -2.51. The highest BCUT2D eigenvalue weighted by molar-refractivity contribution is 6.18. The summed E-state index contributed by atoms with van der Waals surface area (Å²) in [6.45, 7) is 3.69. The van der Waals surface area contributed by atoms with Crippen molar-refractivity contribution in [3.05, 3.63) is 59.7 Å². The van der Waals surface area contributed by atoms with Gasteiger partial charge < -0.3 is 10.1 Å². The van der Waals surface area contributed by atoms with E-state index in [1.54, 1.807) is 12.0 Å². The van der Waals surface area contributed by atoms with Crippen molar-refractivity contribution in [1.82, 2.24) is 10.2 Å². The van der Waals surface area contributed by atoms with Crippen LogP contribution in [-0.4, -0.2) is 41.9 Å². The van der Waals surface area contributed by atoms with Gasteiger partial charge in [-0.3, -0.25) is 19.4 Å². The van der Waals surface area contributed by atoms with Crippen LogP contribution < -0.4 is 15.0 Å². The van der Waals surface area contributed by atoms with Crippen molar-refractivity contribution in [2.45, 2.75) is 64.0 Å². The lowest BCUT2D eigenvalue weighted by molar-refractivity contribution is -0.135. The van der Waals surface area contributed by atoms with Crippen LogP contribution in [0.1, 0.15) is 62.6 Å². The molecule has 4 rings (SSSR count). The Morgan fingerprint density at radius 1 is 1.03 bits per heavy atom. The third-order valence-corrected chi connectivity index (χ3v) is 7.03. The SMILES string of the molecule is CCC(NC(=O)CN1C(=O)N(c2ccc(C)cc2)C2(CCCCC2)C1=O)c1ccc(OC)cc1. The van der Waals surface area contributed by atoms with Gasteiger partial charge in [0, 0.05) is 5.69 Å². The van der Waals surface area contributed by atoms with Crippen LogP contribution in [0.4, 0.5) is 10.5 Å². The van der Waals surface area contributed by atoms with Gasteiger partial charge in [-0.15, -0.1) is 0 Å². The molecule has 0 bridgehead atoms. The highest BCUT2D eigenvalue weighted by Gasteiger charge is 2.58. The van der Waals surface area contributed by atoms with Crippen molar-refractivity contribution in [1.29, 1.82) is 0 Å². The van der Waals surface area contributed by atoms with Gasteiger partial charge in [-0.05, 0) is 56.0 Å². The molecule has 180 valence electrons. The van der Waals surface area contributed by atoms with E-state index in [0.717, 1.165) is 41.0 Å².